The van der Waals surface area contributed by atoms with Gasteiger partial charge in [-0.25, -0.2) is 9.18 Å². The standard InChI is InChI=1S/C14H14F4O3/c1-3-21-12(19)13(20,14(16,17)18)8-9(2)10-6-4-5-7-11(10)15/h4-7,20H,2-3,8H2,1H3/t13-/m0/s1. The molecule has 0 aliphatic carbocycles. The second-order valence-corrected chi connectivity index (χ2v) is 4.34. The third-order valence-corrected chi connectivity index (χ3v) is 2.81. The highest BCUT2D eigenvalue weighted by Crippen LogP contribution is 2.38. The average Bonchev–Trinajstić information content (AvgIpc) is 2.37. The van der Waals surface area contributed by atoms with Gasteiger partial charge in [-0.1, -0.05) is 24.8 Å². The molecule has 1 N–H and O–H groups in total. The van der Waals surface area contributed by atoms with E-state index < -0.39 is 30.0 Å². The highest BCUT2D eigenvalue weighted by atomic mass is 19.4. The van der Waals surface area contributed by atoms with E-state index in [4.69, 9.17) is 0 Å². The quantitative estimate of drug-likeness (QED) is 0.672. The molecule has 0 radical (unpaired) electrons. The van der Waals surface area contributed by atoms with Crippen LogP contribution in [0.2, 0.25) is 0 Å². The zero-order chi connectivity index (χ0) is 16.3. The molecule has 3 nitrogen and oxygen atoms in total. The number of ether oxygens (including phenoxy) is 1. The maximum atomic E-state index is 13.5. The SMILES string of the molecule is C=C(C[C@](O)(C(=O)OCC)C(F)(F)F)c1ccccc1F. The van der Waals surface area contributed by atoms with Crippen molar-refractivity contribution in [3.05, 3.63) is 42.2 Å². The second-order valence-electron chi connectivity index (χ2n) is 4.34. The van der Waals surface area contributed by atoms with Gasteiger partial charge in [0.05, 0.1) is 6.61 Å². The third kappa shape index (κ3) is 3.60. The van der Waals surface area contributed by atoms with E-state index in [0.29, 0.717) is 0 Å². The van der Waals surface area contributed by atoms with E-state index in [9.17, 15) is 27.5 Å². The van der Waals surface area contributed by atoms with Crippen molar-refractivity contribution < 1.29 is 32.2 Å². The molecule has 116 valence electrons. The lowest BCUT2D eigenvalue weighted by atomic mass is 9.90. The first-order chi connectivity index (χ1) is 9.63. The summed E-state index contributed by atoms with van der Waals surface area (Å²) in [5.41, 5.74) is -4.33. The fourth-order valence-electron chi connectivity index (χ4n) is 1.69. The van der Waals surface area contributed by atoms with Crippen LogP contribution >= 0.6 is 0 Å². The number of hydrogen-bond donors (Lipinski definition) is 1. The van der Waals surface area contributed by atoms with E-state index >= 15 is 0 Å². The summed E-state index contributed by atoms with van der Waals surface area (Å²) in [5.74, 6) is -2.63. The lowest BCUT2D eigenvalue weighted by Crippen LogP contribution is -2.53. The van der Waals surface area contributed by atoms with Gasteiger partial charge in [0.1, 0.15) is 5.82 Å². The van der Waals surface area contributed by atoms with E-state index in [-0.39, 0.29) is 17.7 Å². The van der Waals surface area contributed by atoms with Gasteiger partial charge in [0.2, 0.25) is 0 Å². The Morgan fingerprint density at radius 3 is 2.38 bits per heavy atom. The Kier molecular flexibility index (Phi) is 5.11. The molecule has 7 heteroatoms. The van der Waals surface area contributed by atoms with Crippen LogP contribution in [0.15, 0.2) is 30.8 Å². The monoisotopic (exact) mass is 306 g/mol. The van der Waals surface area contributed by atoms with Crippen LogP contribution in [-0.2, 0) is 9.53 Å². The van der Waals surface area contributed by atoms with Crippen molar-refractivity contribution in [3.8, 4) is 0 Å². The van der Waals surface area contributed by atoms with Crippen LogP contribution in [0.4, 0.5) is 17.6 Å². The van der Waals surface area contributed by atoms with Gasteiger partial charge < -0.3 is 9.84 Å². The normalized spacial score (nSPS) is 14.4. The van der Waals surface area contributed by atoms with Crippen LogP contribution in [0.3, 0.4) is 0 Å². The lowest BCUT2D eigenvalue weighted by molar-refractivity contribution is -0.260. The van der Waals surface area contributed by atoms with Crippen molar-refractivity contribution in [3.63, 3.8) is 0 Å². The number of halogens is 4. The molecule has 1 atom stereocenters. The molecule has 0 amide bonds. The molecule has 0 saturated heterocycles. The van der Waals surface area contributed by atoms with E-state index in [1.54, 1.807) is 0 Å². The van der Waals surface area contributed by atoms with Crippen LogP contribution in [0.1, 0.15) is 18.9 Å². The Labute approximate surface area is 118 Å². The predicted octanol–water partition coefficient (Wildman–Crippen LogP) is 3.09. The first-order valence-electron chi connectivity index (χ1n) is 6.02. The maximum Gasteiger partial charge on any atom is 0.428 e. The summed E-state index contributed by atoms with van der Waals surface area (Å²) in [4.78, 5) is 11.4. The summed E-state index contributed by atoms with van der Waals surface area (Å²) in [6, 6.07) is 5.01. The zero-order valence-electron chi connectivity index (χ0n) is 11.2. The molecule has 1 rings (SSSR count). The first kappa shape index (κ1) is 17.2. The molecule has 0 aliphatic rings. The van der Waals surface area contributed by atoms with Crippen LogP contribution < -0.4 is 0 Å². The molecule has 0 fully saturated rings. The summed E-state index contributed by atoms with van der Waals surface area (Å²) in [7, 11) is 0. The van der Waals surface area contributed by atoms with Crippen LogP contribution in [0.5, 0.6) is 0 Å². The van der Waals surface area contributed by atoms with Crippen LogP contribution in [-0.4, -0.2) is 29.5 Å². The number of aliphatic hydroxyl groups is 1. The van der Waals surface area contributed by atoms with Crippen molar-refractivity contribution in [1.29, 1.82) is 0 Å². The summed E-state index contributed by atoms with van der Waals surface area (Å²) < 4.78 is 56.7. The number of benzene rings is 1. The number of carbonyl (C=O) groups excluding carboxylic acids is 1. The molecule has 0 unspecified atom stereocenters. The van der Waals surface area contributed by atoms with Crippen LogP contribution in [0, 0.1) is 5.82 Å². The van der Waals surface area contributed by atoms with Crippen molar-refractivity contribution in [2.24, 2.45) is 0 Å². The van der Waals surface area contributed by atoms with Gasteiger partial charge in [0, 0.05) is 12.0 Å². The van der Waals surface area contributed by atoms with Gasteiger partial charge in [0.15, 0.2) is 0 Å². The van der Waals surface area contributed by atoms with E-state index in [2.05, 4.69) is 11.3 Å². The third-order valence-electron chi connectivity index (χ3n) is 2.81. The lowest BCUT2D eigenvalue weighted by Gasteiger charge is -2.28. The molecule has 1 aromatic carbocycles. The molecule has 21 heavy (non-hydrogen) atoms. The summed E-state index contributed by atoms with van der Waals surface area (Å²) >= 11 is 0. The number of esters is 1. The number of hydrogen-bond acceptors (Lipinski definition) is 3. The second kappa shape index (κ2) is 6.26. The Balaban J connectivity index is 3.11. The molecule has 0 saturated carbocycles. The minimum absolute atomic E-state index is 0.204. The van der Waals surface area contributed by atoms with Crippen LogP contribution in [0.25, 0.3) is 5.57 Å². The van der Waals surface area contributed by atoms with Crippen molar-refractivity contribution in [2.75, 3.05) is 6.61 Å². The van der Waals surface area contributed by atoms with Gasteiger partial charge in [-0.3, -0.25) is 0 Å². The smallest absolute Gasteiger partial charge is 0.428 e. The molecular weight excluding hydrogens is 292 g/mol. The summed E-state index contributed by atoms with van der Waals surface area (Å²) in [6.45, 7) is 4.30. The Morgan fingerprint density at radius 1 is 1.33 bits per heavy atom. The fourth-order valence-corrected chi connectivity index (χ4v) is 1.69. The van der Waals surface area contributed by atoms with Crippen molar-refractivity contribution >= 4 is 11.5 Å². The van der Waals surface area contributed by atoms with Gasteiger partial charge in [-0.2, -0.15) is 13.2 Å². The zero-order valence-corrected chi connectivity index (χ0v) is 11.2. The van der Waals surface area contributed by atoms with E-state index in [1.807, 2.05) is 0 Å². The topological polar surface area (TPSA) is 46.5 Å². The fraction of sp³-hybridized carbons (Fsp3) is 0.357. The molecule has 0 aromatic heterocycles. The Bertz CT molecular complexity index is 539. The van der Waals surface area contributed by atoms with Gasteiger partial charge in [-0.15, -0.1) is 0 Å². The average molecular weight is 306 g/mol. The Hall–Kier alpha value is -1.89. The highest BCUT2D eigenvalue weighted by Gasteiger charge is 2.60. The molecule has 0 heterocycles. The minimum Gasteiger partial charge on any atom is -0.464 e. The van der Waals surface area contributed by atoms with Gasteiger partial charge in [-0.05, 0) is 18.6 Å². The molecular formula is C14H14F4O3. The maximum absolute atomic E-state index is 13.5. The van der Waals surface area contributed by atoms with Gasteiger partial charge >= 0.3 is 12.1 Å². The molecule has 0 bridgehead atoms. The molecule has 1 aromatic rings. The molecule has 0 spiro atoms. The number of alkyl halides is 3. The summed E-state index contributed by atoms with van der Waals surface area (Å²) in [5, 5.41) is 9.69. The number of rotatable bonds is 5. The minimum atomic E-state index is -5.27. The largest absolute Gasteiger partial charge is 0.464 e. The Morgan fingerprint density at radius 2 is 1.90 bits per heavy atom. The van der Waals surface area contributed by atoms with Crippen molar-refractivity contribution in [1.82, 2.24) is 0 Å². The van der Waals surface area contributed by atoms with E-state index in [0.717, 1.165) is 6.07 Å². The van der Waals surface area contributed by atoms with Crippen molar-refractivity contribution in [2.45, 2.75) is 25.1 Å². The molecule has 0 aliphatic heterocycles. The number of carbonyl (C=O) groups is 1. The van der Waals surface area contributed by atoms with Gasteiger partial charge in [0.25, 0.3) is 5.60 Å². The predicted molar refractivity (Wildman–Crippen MR) is 67.7 cm³/mol. The summed E-state index contributed by atoms with van der Waals surface area (Å²) in [6.07, 6.45) is -6.48. The van der Waals surface area contributed by atoms with E-state index in [1.165, 1.54) is 25.1 Å². The first-order valence-corrected chi connectivity index (χ1v) is 6.02. The highest BCUT2D eigenvalue weighted by molar-refractivity contribution is 5.83.